The third-order valence-corrected chi connectivity index (χ3v) is 3.36. The maximum Gasteiger partial charge on any atom is 0.295 e. The number of hydrogen-bond donors (Lipinski definition) is 2. The van der Waals surface area contributed by atoms with Gasteiger partial charge >= 0.3 is 0 Å². The van der Waals surface area contributed by atoms with Gasteiger partial charge in [-0.3, -0.25) is 9.11 Å². The van der Waals surface area contributed by atoms with Gasteiger partial charge in [-0.15, -0.1) is 0 Å². The highest BCUT2D eigenvalue weighted by Crippen LogP contribution is 2.19. The number of rotatable bonds is 2. The summed E-state index contributed by atoms with van der Waals surface area (Å²) in [6, 6.07) is 4.19. The zero-order chi connectivity index (χ0) is 18.1. The Balaban J connectivity index is 0. The second kappa shape index (κ2) is 9.87. The molecule has 1 rings (SSSR count). The van der Waals surface area contributed by atoms with E-state index >= 15 is 0 Å². The first kappa shape index (κ1) is 23.2. The number of nitrogens with zero attached hydrogens (tertiary/aromatic N) is 2. The molecule has 0 heterocycles. The summed E-state index contributed by atoms with van der Waals surface area (Å²) in [6.45, 7) is 0. The molecule has 8 nitrogen and oxygen atoms in total. The van der Waals surface area contributed by atoms with Crippen molar-refractivity contribution in [2.75, 3.05) is 42.3 Å². The first-order chi connectivity index (χ1) is 9.69. The van der Waals surface area contributed by atoms with E-state index in [1.807, 2.05) is 52.1 Å². The topological polar surface area (TPSA) is 115 Å². The van der Waals surface area contributed by atoms with Crippen LogP contribution >= 0.6 is 0 Å². The summed E-state index contributed by atoms with van der Waals surface area (Å²) in [6.07, 6.45) is 0. The quantitative estimate of drug-likeness (QED) is 0.738. The van der Waals surface area contributed by atoms with Crippen molar-refractivity contribution in [1.29, 1.82) is 0 Å². The second-order valence-electron chi connectivity index (χ2n) is 5.08. The van der Waals surface area contributed by atoms with Crippen LogP contribution in [0.3, 0.4) is 0 Å². The van der Waals surface area contributed by atoms with Crippen molar-refractivity contribution in [3.05, 3.63) is 24.3 Å². The van der Waals surface area contributed by atoms with Crippen molar-refractivity contribution >= 4 is 20.2 Å². The monoisotopic (exact) mass is 356 g/mol. The van der Waals surface area contributed by atoms with E-state index in [1.165, 1.54) is 12.1 Å². The van der Waals surface area contributed by atoms with Gasteiger partial charge in [0, 0.05) is 0 Å². The second-order valence-corrected chi connectivity index (χ2v) is 7.86. The van der Waals surface area contributed by atoms with E-state index < -0.39 is 30.0 Å². The molecule has 0 bridgehead atoms. The van der Waals surface area contributed by atoms with Crippen LogP contribution in [0.5, 0.6) is 0 Å². The molecule has 0 saturated heterocycles. The molecule has 10 heteroatoms. The van der Waals surface area contributed by atoms with Crippen molar-refractivity contribution in [3.63, 3.8) is 0 Å². The summed E-state index contributed by atoms with van der Waals surface area (Å²) in [4.78, 5) is 2.31. The van der Waals surface area contributed by atoms with Crippen molar-refractivity contribution in [2.24, 2.45) is 0 Å². The van der Waals surface area contributed by atoms with Crippen LogP contribution in [0, 0.1) is 0 Å². The summed E-state index contributed by atoms with van der Waals surface area (Å²) in [7, 11) is 2.69. The number of hydrogen-bond acceptors (Lipinski definition) is 6. The van der Waals surface area contributed by atoms with Gasteiger partial charge in [0.05, 0.1) is 0 Å². The number of benzene rings is 1. The van der Waals surface area contributed by atoms with Crippen LogP contribution in [0.15, 0.2) is 34.1 Å². The predicted molar refractivity (Wildman–Crippen MR) is 85.3 cm³/mol. The minimum atomic E-state index is -4.66. The molecule has 0 radical (unpaired) electrons. The van der Waals surface area contributed by atoms with E-state index in [-0.39, 0.29) is 0 Å². The van der Waals surface area contributed by atoms with Crippen LogP contribution in [-0.4, -0.2) is 78.0 Å². The Hall–Kier alpha value is -1.04. The van der Waals surface area contributed by atoms with E-state index in [0.29, 0.717) is 0 Å². The summed E-state index contributed by atoms with van der Waals surface area (Å²) >= 11 is 0. The van der Waals surface area contributed by atoms with Gasteiger partial charge in [-0.25, -0.2) is 0 Å². The normalized spacial score (nSPS) is 11.4. The molecule has 0 unspecified atom stereocenters. The van der Waals surface area contributed by atoms with Crippen LogP contribution in [-0.2, 0) is 20.2 Å². The lowest BCUT2D eigenvalue weighted by molar-refractivity contribution is 0.466. The fourth-order valence-corrected chi connectivity index (χ4v) is 2.65. The molecule has 0 saturated carbocycles. The van der Waals surface area contributed by atoms with E-state index in [2.05, 4.69) is 0 Å². The van der Waals surface area contributed by atoms with Crippen molar-refractivity contribution in [3.8, 4) is 0 Å². The van der Waals surface area contributed by atoms with Gasteiger partial charge in [0.15, 0.2) is 0 Å². The van der Waals surface area contributed by atoms with E-state index in [4.69, 9.17) is 9.11 Å². The lowest BCUT2D eigenvalue weighted by Gasteiger charge is -2.02. The summed E-state index contributed by atoms with van der Waals surface area (Å²) in [5.41, 5.74) is 0. The van der Waals surface area contributed by atoms with Crippen LogP contribution in [0.1, 0.15) is 0 Å². The van der Waals surface area contributed by atoms with E-state index in [9.17, 15) is 16.8 Å². The molecule has 130 valence electrons. The highest BCUT2D eigenvalue weighted by Gasteiger charge is 2.22. The third-order valence-electron chi connectivity index (χ3n) is 1.40. The van der Waals surface area contributed by atoms with Crippen molar-refractivity contribution in [1.82, 2.24) is 9.80 Å². The van der Waals surface area contributed by atoms with Crippen LogP contribution in [0.2, 0.25) is 0 Å². The third kappa shape index (κ3) is 12.7. The van der Waals surface area contributed by atoms with Crippen LogP contribution < -0.4 is 0 Å². The minimum Gasteiger partial charge on any atom is -0.312 e. The lowest BCUT2D eigenvalue weighted by Crippen LogP contribution is -2.07. The molecule has 0 aliphatic carbocycles. The van der Waals surface area contributed by atoms with Gasteiger partial charge < -0.3 is 9.80 Å². The maximum absolute atomic E-state index is 10.7. The molecule has 0 amide bonds. The lowest BCUT2D eigenvalue weighted by atomic mass is 10.4. The Morgan fingerprint density at radius 1 is 0.682 bits per heavy atom. The van der Waals surface area contributed by atoms with Gasteiger partial charge in [-0.05, 0) is 54.4 Å². The molecular formula is C12H24N2O6S2. The maximum atomic E-state index is 10.7. The zero-order valence-electron chi connectivity index (χ0n) is 13.5. The Bertz CT molecular complexity index is 577. The molecule has 1 aromatic rings. The molecule has 0 atom stereocenters. The Morgan fingerprint density at radius 2 is 0.864 bits per heavy atom. The fraction of sp³-hybridized carbons (Fsp3) is 0.500. The van der Waals surface area contributed by atoms with E-state index in [0.717, 1.165) is 12.1 Å². The molecule has 22 heavy (non-hydrogen) atoms. The first-order valence-electron chi connectivity index (χ1n) is 5.95. The summed E-state index contributed by atoms with van der Waals surface area (Å²) in [5.74, 6) is 0. The van der Waals surface area contributed by atoms with Crippen molar-refractivity contribution in [2.45, 2.75) is 9.79 Å². The van der Waals surface area contributed by atoms with Gasteiger partial charge in [-0.1, -0.05) is 12.1 Å². The predicted octanol–water partition coefficient (Wildman–Crippen LogP) is 0.536. The van der Waals surface area contributed by atoms with Crippen molar-refractivity contribution < 1.29 is 25.9 Å². The van der Waals surface area contributed by atoms with Gasteiger partial charge in [0.2, 0.25) is 0 Å². The standard InChI is InChI=1S/C6H6O6S2.2C3H9N/c7-13(8,9)5-3-1-2-4-6(5)14(10,11)12;2*1-4(2)3/h1-4H,(H,7,8,9)(H,10,11,12);2*1-3H3. The van der Waals surface area contributed by atoms with E-state index in [1.54, 1.807) is 0 Å². The Labute approximate surface area is 132 Å². The van der Waals surface area contributed by atoms with Crippen LogP contribution in [0.4, 0.5) is 0 Å². The average molecular weight is 356 g/mol. The Kier molecular flexibility index (Phi) is 10.4. The average Bonchev–Trinajstić information content (AvgIpc) is 2.25. The SMILES string of the molecule is CN(C)C.CN(C)C.O=S(=O)(O)c1ccccc1S(=O)(=O)O. The molecule has 0 aliphatic heterocycles. The highest BCUT2D eigenvalue weighted by atomic mass is 32.2. The first-order valence-corrected chi connectivity index (χ1v) is 8.83. The fourth-order valence-electron chi connectivity index (χ4n) is 0.876. The van der Waals surface area contributed by atoms with Crippen LogP contribution in [0.25, 0.3) is 0 Å². The summed E-state index contributed by atoms with van der Waals surface area (Å²) in [5, 5.41) is 0. The minimum absolute atomic E-state index is 0.845. The molecule has 2 N–H and O–H groups in total. The molecular weight excluding hydrogens is 332 g/mol. The molecule has 1 aromatic carbocycles. The zero-order valence-corrected chi connectivity index (χ0v) is 15.2. The van der Waals surface area contributed by atoms with Gasteiger partial charge in [0.25, 0.3) is 20.2 Å². The molecule has 0 aromatic heterocycles. The highest BCUT2D eigenvalue weighted by molar-refractivity contribution is 7.89. The summed E-state index contributed by atoms with van der Waals surface area (Å²) < 4.78 is 60.0. The molecule has 0 spiro atoms. The Morgan fingerprint density at radius 3 is 1.00 bits per heavy atom. The largest absolute Gasteiger partial charge is 0.312 e. The molecule has 0 fully saturated rings. The smallest absolute Gasteiger partial charge is 0.295 e. The van der Waals surface area contributed by atoms with Gasteiger partial charge in [0.1, 0.15) is 9.79 Å². The molecule has 0 aliphatic rings. The van der Waals surface area contributed by atoms with Gasteiger partial charge in [-0.2, -0.15) is 16.8 Å².